The number of hydrogen-bond donors (Lipinski definition) is 1. The predicted molar refractivity (Wildman–Crippen MR) is 76.7 cm³/mol. The Kier molecular flexibility index (Phi) is 4.13. The summed E-state index contributed by atoms with van der Waals surface area (Å²) in [6.07, 6.45) is 7.55. The second kappa shape index (κ2) is 6.00. The molecule has 1 aromatic heterocycles. The van der Waals surface area contributed by atoms with E-state index in [9.17, 15) is 4.79 Å². The molecule has 98 valence electrons. The van der Waals surface area contributed by atoms with E-state index < -0.39 is 0 Å². The van der Waals surface area contributed by atoms with Gasteiger partial charge in [0.2, 0.25) is 5.91 Å². The van der Waals surface area contributed by atoms with Gasteiger partial charge in [-0.05, 0) is 12.5 Å². The smallest absolute Gasteiger partial charge is 0.228 e. The number of amides is 1. The first-order valence-corrected chi connectivity index (χ1v) is 6.15. The van der Waals surface area contributed by atoms with Crippen molar-refractivity contribution in [1.82, 2.24) is 9.78 Å². The van der Waals surface area contributed by atoms with Crippen LogP contribution in [0.1, 0.15) is 17.5 Å². The highest BCUT2D eigenvalue weighted by Crippen LogP contribution is 2.07. The monoisotopic (exact) mass is 255 g/mol. The fourth-order valence-electron chi connectivity index (χ4n) is 1.68. The van der Waals surface area contributed by atoms with Crippen molar-refractivity contribution in [2.24, 2.45) is 7.05 Å². The fraction of sp³-hybridized carbons (Fsp3) is 0.200. The highest BCUT2D eigenvalue weighted by atomic mass is 16.1. The Labute approximate surface area is 112 Å². The molecule has 4 nitrogen and oxygen atoms in total. The molecule has 0 fully saturated rings. The van der Waals surface area contributed by atoms with E-state index >= 15 is 0 Å². The number of benzene rings is 1. The van der Waals surface area contributed by atoms with E-state index in [1.54, 1.807) is 17.1 Å². The van der Waals surface area contributed by atoms with E-state index in [1.807, 2.05) is 31.3 Å². The van der Waals surface area contributed by atoms with Gasteiger partial charge >= 0.3 is 0 Å². The standard InChI is InChI=1S/C15H17N3O/c1-12-6-8-13(9-7-12)4-3-5-15(19)17-14-10-16-18(2)11-14/h3-4,6-11H,5H2,1-2H3,(H,17,19). The maximum Gasteiger partial charge on any atom is 0.228 e. The average molecular weight is 255 g/mol. The van der Waals surface area contributed by atoms with E-state index in [-0.39, 0.29) is 5.91 Å². The third kappa shape index (κ3) is 4.10. The number of nitrogens with one attached hydrogen (secondary N) is 1. The molecule has 2 aromatic rings. The van der Waals surface area contributed by atoms with Crippen LogP contribution in [0.5, 0.6) is 0 Å². The molecule has 0 saturated carbocycles. The molecular formula is C15H17N3O. The first-order valence-electron chi connectivity index (χ1n) is 6.15. The SMILES string of the molecule is Cc1ccc(C=CCC(=O)Nc2cnn(C)c2)cc1. The molecule has 0 aliphatic heterocycles. The first kappa shape index (κ1) is 13.1. The number of carbonyl (C=O) groups excluding carboxylic acids is 1. The molecular weight excluding hydrogens is 238 g/mol. The molecule has 0 spiro atoms. The molecule has 0 bridgehead atoms. The summed E-state index contributed by atoms with van der Waals surface area (Å²) >= 11 is 0. The van der Waals surface area contributed by atoms with E-state index in [1.165, 1.54) is 5.56 Å². The minimum Gasteiger partial charge on any atom is -0.323 e. The number of carbonyl (C=O) groups is 1. The van der Waals surface area contributed by atoms with Crippen LogP contribution >= 0.6 is 0 Å². The zero-order chi connectivity index (χ0) is 13.7. The van der Waals surface area contributed by atoms with E-state index in [0.717, 1.165) is 11.3 Å². The fourth-order valence-corrected chi connectivity index (χ4v) is 1.68. The van der Waals surface area contributed by atoms with Crippen molar-refractivity contribution in [2.75, 3.05) is 5.32 Å². The number of anilines is 1. The van der Waals surface area contributed by atoms with Crippen LogP contribution in [-0.4, -0.2) is 15.7 Å². The summed E-state index contributed by atoms with van der Waals surface area (Å²) in [4.78, 5) is 11.7. The second-order valence-electron chi connectivity index (χ2n) is 4.47. The Hall–Kier alpha value is -2.36. The maximum atomic E-state index is 11.7. The molecule has 0 aliphatic carbocycles. The lowest BCUT2D eigenvalue weighted by atomic mass is 10.1. The minimum absolute atomic E-state index is 0.0450. The van der Waals surface area contributed by atoms with Crippen LogP contribution < -0.4 is 5.32 Å². The predicted octanol–water partition coefficient (Wildman–Crippen LogP) is 2.77. The summed E-state index contributed by atoms with van der Waals surface area (Å²) in [5, 5.41) is 6.77. The number of nitrogens with zero attached hydrogens (tertiary/aromatic N) is 2. The van der Waals surface area contributed by atoms with Crippen LogP contribution in [0.4, 0.5) is 5.69 Å². The quantitative estimate of drug-likeness (QED) is 0.913. The highest BCUT2D eigenvalue weighted by molar-refractivity contribution is 5.91. The lowest BCUT2D eigenvalue weighted by Gasteiger charge is -1.98. The number of aryl methyl sites for hydroxylation is 2. The molecule has 1 N–H and O–H groups in total. The van der Waals surface area contributed by atoms with Crippen molar-refractivity contribution in [2.45, 2.75) is 13.3 Å². The normalized spacial score (nSPS) is 10.8. The summed E-state index contributed by atoms with van der Waals surface area (Å²) in [6.45, 7) is 2.05. The largest absolute Gasteiger partial charge is 0.323 e. The molecule has 0 saturated heterocycles. The van der Waals surface area contributed by atoms with Crippen LogP contribution in [0.2, 0.25) is 0 Å². The first-order chi connectivity index (χ1) is 9.13. The molecule has 4 heteroatoms. The Morgan fingerprint density at radius 3 is 2.74 bits per heavy atom. The van der Waals surface area contributed by atoms with E-state index in [2.05, 4.69) is 29.5 Å². The molecule has 0 unspecified atom stereocenters. The zero-order valence-electron chi connectivity index (χ0n) is 11.1. The van der Waals surface area contributed by atoms with Crippen LogP contribution in [0, 0.1) is 6.92 Å². The third-order valence-corrected chi connectivity index (χ3v) is 2.68. The van der Waals surface area contributed by atoms with Crippen LogP contribution in [0.3, 0.4) is 0 Å². The van der Waals surface area contributed by atoms with Crippen LogP contribution in [0.15, 0.2) is 42.7 Å². The Bertz CT molecular complexity index is 582. The summed E-state index contributed by atoms with van der Waals surface area (Å²) in [5.74, 6) is -0.0450. The van der Waals surface area contributed by atoms with Gasteiger partial charge in [0.15, 0.2) is 0 Å². The average Bonchev–Trinajstić information content (AvgIpc) is 2.77. The maximum absolute atomic E-state index is 11.7. The zero-order valence-corrected chi connectivity index (χ0v) is 11.1. The van der Waals surface area contributed by atoms with Gasteiger partial charge in [-0.1, -0.05) is 42.0 Å². The van der Waals surface area contributed by atoms with Gasteiger partial charge in [-0.15, -0.1) is 0 Å². The number of aromatic nitrogens is 2. The molecule has 1 aromatic carbocycles. The van der Waals surface area contributed by atoms with Gasteiger partial charge in [0.1, 0.15) is 0 Å². The second-order valence-corrected chi connectivity index (χ2v) is 4.47. The van der Waals surface area contributed by atoms with Gasteiger partial charge in [-0.25, -0.2) is 0 Å². The number of rotatable bonds is 4. The molecule has 1 amide bonds. The summed E-state index contributed by atoms with van der Waals surface area (Å²) in [6, 6.07) is 8.17. The molecule has 1 heterocycles. The van der Waals surface area contributed by atoms with Gasteiger partial charge in [0, 0.05) is 19.7 Å². The van der Waals surface area contributed by atoms with Gasteiger partial charge in [-0.3, -0.25) is 9.48 Å². The van der Waals surface area contributed by atoms with Crippen LogP contribution in [-0.2, 0) is 11.8 Å². The Balaban J connectivity index is 1.84. The van der Waals surface area contributed by atoms with Gasteiger partial charge in [0.25, 0.3) is 0 Å². The van der Waals surface area contributed by atoms with Gasteiger partial charge < -0.3 is 5.32 Å². The van der Waals surface area contributed by atoms with Crippen molar-refractivity contribution >= 4 is 17.7 Å². The van der Waals surface area contributed by atoms with Gasteiger partial charge in [0.05, 0.1) is 11.9 Å². The van der Waals surface area contributed by atoms with Crippen molar-refractivity contribution in [3.63, 3.8) is 0 Å². The third-order valence-electron chi connectivity index (χ3n) is 2.68. The lowest BCUT2D eigenvalue weighted by molar-refractivity contribution is -0.115. The van der Waals surface area contributed by atoms with Crippen molar-refractivity contribution in [1.29, 1.82) is 0 Å². The topological polar surface area (TPSA) is 46.9 Å². The van der Waals surface area contributed by atoms with Crippen LogP contribution in [0.25, 0.3) is 6.08 Å². The summed E-state index contributed by atoms with van der Waals surface area (Å²) in [7, 11) is 1.81. The Morgan fingerprint density at radius 2 is 2.11 bits per heavy atom. The molecule has 0 atom stereocenters. The minimum atomic E-state index is -0.0450. The van der Waals surface area contributed by atoms with Gasteiger partial charge in [-0.2, -0.15) is 5.10 Å². The lowest BCUT2D eigenvalue weighted by Crippen LogP contribution is -2.09. The molecule has 2 rings (SSSR count). The van der Waals surface area contributed by atoms with Crippen molar-refractivity contribution in [3.05, 3.63) is 53.9 Å². The van der Waals surface area contributed by atoms with E-state index in [4.69, 9.17) is 0 Å². The van der Waals surface area contributed by atoms with E-state index in [0.29, 0.717) is 6.42 Å². The summed E-state index contributed by atoms with van der Waals surface area (Å²) in [5.41, 5.74) is 3.04. The molecule has 19 heavy (non-hydrogen) atoms. The highest BCUT2D eigenvalue weighted by Gasteiger charge is 2.01. The summed E-state index contributed by atoms with van der Waals surface area (Å²) < 4.78 is 1.65. The molecule has 0 radical (unpaired) electrons. The van der Waals surface area contributed by atoms with Crippen molar-refractivity contribution < 1.29 is 4.79 Å². The number of hydrogen-bond acceptors (Lipinski definition) is 2. The molecule has 0 aliphatic rings. The Morgan fingerprint density at radius 1 is 1.37 bits per heavy atom. The van der Waals surface area contributed by atoms with Crippen molar-refractivity contribution in [3.8, 4) is 0 Å².